The summed E-state index contributed by atoms with van der Waals surface area (Å²) in [5, 5.41) is 3.46. The van der Waals surface area contributed by atoms with Crippen LogP contribution in [0.15, 0.2) is 72.9 Å². The van der Waals surface area contributed by atoms with Gasteiger partial charge in [0.05, 0.1) is 0 Å². The summed E-state index contributed by atoms with van der Waals surface area (Å²) in [5.74, 6) is -0.0134. The molecule has 0 radical (unpaired) electrons. The second kappa shape index (κ2) is 7.62. The Morgan fingerprint density at radius 1 is 1.04 bits per heavy atom. The molecular weight excluding hydrogens is 334 g/mol. The van der Waals surface area contributed by atoms with Crippen LogP contribution in [0.4, 0.5) is 5.69 Å². The maximum atomic E-state index is 13.0. The van der Waals surface area contributed by atoms with Crippen molar-refractivity contribution in [3.8, 4) is 0 Å². The van der Waals surface area contributed by atoms with Gasteiger partial charge < -0.3 is 10.2 Å². The fourth-order valence-electron chi connectivity index (χ4n) is 3.54. The third-order valence-corrected chi connectivity index (χ3v) is 5.08. The molecule has 27 heavy (non-hydrogen) atoms. The van der Waals surface area contributed by atoms with Crippen molar-refractivity contribution in [3.63, 3.8) is 0 Å². The van der Waals surface area contributed by atoms with Gasteiger partial charge in [-0.3, -0.25) is 9.78 Å². The lowest BCUT2D eigenvalue weighted by Gasteiger charge is -2.28. The number of carbonyl (C=O) groups is 1. The minimum Gasteiger partial charge on any atom is -0.378 e. The number of amides is 1. The van der Waals surface area contributed by atoms with Crippen LogP contribution in [0, 0.1) is 0 Å². The van der Waals surface area contributed by atoms with Crippen LogP contribution in [-0.4, -0.2) is 22.3 Å². The van der Waals surface area contributed by atoms with Crippen molar-refractivity contribution in [1.29, 1.82) is 0 Å². The van der Waals surface area contributed by atoms with E-state index in [4.69, 9.17) is 0 Å². The molecule has 0 fully saturated rings. The van der Waals surface area contributed by atoms with Gasteiger partial charge in [0.2, 0.25) is 0 Å². The van der Waals surface area contributed by atoms with Gasteiger partial charge in [0.15, 0.2) is 0 Å². The fraction of sp³-hybridized carbons (Fsp3) is 0.217. The Hall–Kier alpha value is -3.14. The molecule has 0 spiro atoms. The maximum absolute atomic E-state index is 13.0. The molecule has 2 heterocycles. The quantitative estimate of drug-likeness (QED) is 0.750. The van der Waals surface area contributed by atoms with Gasteiger partial charge in [-0.1, -0.05) is 54.6 Å². The van der Waals surface area contributed by atoms with E-state index < -0.39 is 0 Å². The third kappa shape index (κ3) is 3.85. The van der Waals surface area contributed by atoms with Crippen LogP contribution in [-0.2, 0) is 13.0 Å². The molecular formula is C23H23N3O. The zero-order chi connectivity index (χ0) is 18.6. The van der Waals surface area contributed by atoms with E-state index in [0.717, 1.165) is 18.7 Å². The summed E-state index contributed by atoms with van der Waals surface area (Å²) in [4.78, 5) is 19.2. The second-order valence-electron chi connectivity index (χ2n) is 6.95. The molecule has 1 amide bonds. The number of aromatic nitrogens is 1. The van der Waals surface area contributed by atoms with E-state index in [1.165, 1.54) is 16.7 Å². The largest absolute Gasteiger partial charge is 0.378 e. The van der Waals surface area contributed by atoms with Gasteiger partial charge in [-0.2, -0.15) is 0 Å². The number of carbonyl (C=O) groups excluding carboxylic acids is 1. The van der Waals surface area contributed by atoms with Gasteiger partial charge in [-0.05, 0) is 42.2 Å². The average Bonchev–Trinajstić information content (AvgIpc) is 2.73. The van der Waals surface area contributed by atoms with Gasteiger partial charge in [0.1, 0.15) is 5.69 Å². The number of fused-ring (bicyclic) bond motifs is 1. The Morgan fingerprint density at radius 3 is 2.59 bits per heavy atom. The SMILES string of the molecule is CC(Nc1ccnc(C(=O)N2CCc3ccccc3C2)c1)c1ccccc1. The van der Waals surface area contributed by atoms with Gasteiger partial charge >= 0.3 is 0 Å². The number of pyridine rings is 1. The molecule has 1 unspecified atom stereocenters. The van der Waals surface area contributed by atoms with Gasteiger partial charge in [-0.15, -0.1) is 0 Å². The predicted molar refractivity (Wildman–Crippen MR) is 108 cm³/mol. The van der Waals surface area contributed by atoms with Crippen LogP contribution < -0.4 is 5.32 Å². The molecule has 136 valence electrons. The van der Waals surface area contributed by atoms with E-state index in [1.54, 1.807) is 6.20 Å². The first-order valence-corrected chi connectivity index (χ1v) is 9.34. The summed E-state index contributed by atoms with van der Waals surface area (Å²) in [7, 11) is 0. The van der Waals surface area contributed by atoms with Crippen molar-refractivity contribution in [2.45, 2.75) is 25.9 Å². The first-order chi connectivity index (χ1) is 13.2. The van der Waals surface area contributed by atoms with Crippen LogP contribution in [0.3, 0.4) is 0 Å². The van der Waals surface area contributed by atoms with E-state index in [2.05, 4.69) is 47.6 Å². The first kappa shape index (κ1) is 17.3. The topological polar surface area (TPSA) is 45.2 Å². The van der Waals surface area contributed by atoms with E-state index in [9.17, 15) is 4.79 Å². The van der Waals surface area contributed by atoms with Crippen molar-refractivity contribution in [1.82, 2.24) is 9.88 Å². The number of nitrogens with zero attached hydrogens (tertiary/aromatic N) is 2. The van der Waals surface area contributed by atoms with Gasteiger partial charge in [0, 0.05) is 31.0 Å². The smallest absolute Gasteiger partial charge is 0.272 e. The van der Waals surface area contributed by atoms with Crippen LogP contribution in [0.1, 0.15) is 40.1 Å². The zero-order valence-electron chi connectivity index (χ0n) is 15.4. The molecule has 0 bridgehead atoms. The van der Waals surface area contributed by atoms with E-state index >= 15 is 0 Å². The Labute approximate surface area is 159 Å². The van der Waals surface area contributed by atoms with Crippen molar-refractivity contribution < 1.29 is 4.79 Å². The minimum absolute atomic E-state index is 0.0134. The van der Waals surface area contributed by atoms with Crippen molar-refractivity contribution in [3.05, 3.63) is 95.3 Å². The Balaban J connectivity index is 1.48. The number of benzene rings is 2. The Kier molecular flexibility index (Phi) is 4.88. The number of anilines is 1. The summed E-state index contributed by atoms with van der Waals surface area (Å²) in [5.41, 5.74) is 5.15. The molecule has 1 aliphatic rings. The van der Waals surface area contributed by atoms with Crippen LogP contribution in [0.5, 0.6) is 0 Å². The lowest BCUT2D eigenvalue weighted by atomic mass is 10.00. The summed E-state index contributed by atoms with van der Waals surface area (Å²) in [6.45, 7) is 3.49. The Morgan fingerprint density at radius 2 is 1.78 bits per heavy atom. The third-order valence-electron chi connectivity index (χ3n) is 5.08. The van der Waals surface area contributed by atoms with Crippen molar-refractivity contribution in [2.75, 3.05) is 11.9 Å². The lowest BCUT2D eigenvalue weighted by Crippen LogP contribution is -2.36. The lowest BCUT2D eigenvalue weighted by molar-refractivity contribution is 0.0729. The van der Waals surface area contributed by atoms with Crippen molar-refractivity contribution in [2.24, 2.45) is 0 Å². The van der Waals surface area contributed by atoms with E-state index in [-0.39, 0.29) is 11.9 Å². The molecule has 3 aromatic rings. The van der Waals surface area contributed by atoms with E-state index in [0.29, 0.717) is 12.2 Å². The molecule has 4 nitrogen and oxygen atoms in total. The number of hydrogen-bond donors (Lipinski definition) is 1. The van der Waals surface area contributed by atoms with Crippen LogP contribution in [0.2, 0.25) is 0 Å². The fourth-order valence-corrected chi connectivity index (χ4v) is 3.54. The highest BCUT2D eigenvalue weighted by molar-refractivity contribution is 5.93. The highest BCUT2D eigenvalue weighted by Gasteiger charge is 2.22. The number of nitrogens with one attached hydrogen (secondary N) is 1. The zero-order valence-corrected chi connectivity index (χ0v) is 15.4. The predicted octanol–water partition coefficient (Wildman–Crippen LogP) is 4.45. The Bertz CT molecular complexity index is 939. The van der Waals surface area contributed by atoms with Gasteiger partial charge in [0.25, 0.3) is 5.91 Å². The summed E-state index contributed by atoms with van der Waals surface area (Å²) < 4.78 is 0. The highest BCUT2D eigenvalue weighted by Crippen LogP contribution is 2.22. The molecule has 0 saturated carbocycles. The monoisotopic (exact) mass is 357 g/mol. The average molecular weight is 357 g/mol. The van der Waals surface area contributed by atoms with Crippen LogP contribution in [0.25, 0.3) is 0 Å². The summed E-state index contributed by atoms with van der Waals surface area (Å²) in [6, 6.07) is 22.5. The molecule has 1 atom stereocenters. The normalized spacial score (nSPS) is 14.3. The highest BCUT2D eigenvalue weighted by atomic mass is 16.2. The van der Waals surface area contributed by atoms with Gasteiger partial charge in [-0.25, -0.2) is 0 Å². The molecule has 1 N–H and O–H groups in total. The maximum Gasteiger partial charge on any atom is 0.272 e. The summed E-state index contributed by atoms with van der Waals surface area (Å²) in [6.07, 6.45) is 2.59. The summed E-state index contributed by atoms with van der Waals surface area (Å²) >= 11 is 0. The molecule has 0 aliphatic carbocycles. The molecule has 0 saturated heterocycles. The second-order valence-corrected chi connectivity index (χ2v) is 6.95. The molecule has 2 aromatic carbocycles. The molecule has 1 aliphatic heterocycles. The number of hydrogen-bond acceptors (Lipinski definition) is 3. The molecule has 1 aromatic heterocycles. The minimum atomic E-state index is -0.0134. The molecule has 4 rings (SSSR count). The standard InChI is InChI=1S/C23H23N3O/c1-17(18-7-3-2-4-8-18)25-21-11-13-24-22(15-21)23(27)26-14-12-19-9-5-6-10-20(19)16-26/h2-11,13,15,17H,12,14,16H2,1H3,(H,24,25). The van der Waals surface area contributed by atoms with Crippen LogP contribution >= 0.6 is 0 Å². The number of rotatable bonds is 4. The van der Waals surface area contributed by atoms with Crippen molar-refractivity contribution >= 4 is 11.6 Å². The molecule has 4 heteroatoms. The first-order valence-electron chi connectivity index (χ1n) is 9.34. The van der Waals surface area contributed by atoms with E-state index in [1.807, 2.05) is 41.3 Å².